The zero-order valence-electron chi connectivity index (χ0n) is 10.7. The Labute approximate surface area is 114 Å². The molecule has 0 saturated carbocycles. The number of carboxylic acid groups (broad SMARTS) is 1. The summed E-state index contributed by atoms with van der Waals surface area (Å²) < 4.78 is 4.55. The number of esters is 1. The number of benzene rings is 1. The van der Waals surface area contributed by atoms with Crippen LogP contribution in [0.5, 0.6) is 0 Å². The summed E-state index contributed by atoms with van der Waals surface area (Å²) in [4.78, 5) is 32.5. The lowest BCUT2D eigenvalue weighted by Gasteiger charge is -2.14. The van der Waals surface area contributed by atoms with Crippen molar-refractivity contribution < 1.29 is 24.4 Å². The standard InChI is InChI=1S/C12H14N2O6/c1-20-12(17)7-3-2-4-9(14(18)19)11(7)8(13)5-6-10(15)16/h2-4,8H,5-6,13H2,1H3,(H,15,16). The second kappa shape index (κ2) is 6.62. The molecule has 3 N–H and O–H groups in total. The zero-order chi connectivity index (χ0) is 15.3. The van der Waals surface area contributed by atoms with E-state index >= 15 is 0 Å². The summed E-state index contributed by atoms with van der Waals surface area (Å²) in [6, 6.07) is 2.97. The molecule has 1 unspecified atom stereocenters. The highest BCUT2D eigenvalue weighted by Gasteiger charge is 2.26. The number of aliphatic carboxylic acids is 1. The number of nitro benzene ring substituents is 1. The van der Waals surface area contributed by atoms with Gasteiger partial charge in [-0.25, -0.2) is 4.79 Å². The molecule has 0 radical (unpaired) electrons. The van der Waals surface area contributed by atoms with Crippen molar-refractivity contribution in [2.45, 2.75) is 18.9 Å². The van der Waals surface area contributed by atoms with E-state index in [1.54, 1.807) is 0 Å². The number of carbonyl (C=O) groups excluding carboxylic acids is 1. The van der Waals surface area contributed by atoms with Crippen molar-refractivity contribution in [1.82, 2.24) is 0 Å². The van der Waals surface area contributed by atoms with Gasteiger partial charge in [0.05, 0.1) is 23.2 Å². The van der Waals surface area contributed by atoms with E-state index < -0.39 is 22.9 Å². The van der Waals surface area contributed by atoms with Crippen LogP contribution in [0.2, 0.25) is 0 Å². The van der Waals surface area contributed by atoms with Gasteiger partial charge < -0.3 is 15.6 Å². The van der Waals surface area contributed by atoms with Gasteiger partial charge in [0, 0.05) is 18.5 Å². The molecular weight excluding hydrogens is 268 g/mol. The third kappa shape index (κ3) is 3.51. The van der Waals surface area contributed by atoms with Crippen molar-refractivity contribution >= 4 is 17.6 Å². The van der Waals surface area contributed by atoms with Crippen LogP contribution in [0.1, 0.15) is 34.8 Å². The van der Waals surface area contributed by atoms with Crippen LogP contribution >= 0.6 is 0 Å². The van der Waals surface area contributed by atoms with Gasteiger partial charge in [-0.2, -0.15) is 0 Å². The van der Waals surface area contributed by atoms with Crippen LogP contribution in [-0.2, 0) is 9.53 Å². The number of nitro groups is 1. The second-order valence-electron chi connectivity index (χ2n) is 4.03. The summed E-state index contributed by atoms with van der Waals surface area (Å²) >= 11 is 0. The lowest BCUT2D eigenvalue weighted by molar-refractivity contribution is -0.385. The summed E-state index contributed by atoms with van der Waals surface area (Å²) in [6.07, 6.45) is -0.280. The fourth-order valence-corrected chi connectivity index (χ4v) is 1.81. The highest BCUT2D eigenvalue weighted by atomic mass is 16.6. The van der Waals surface area contributed by atoms with Crippen molar-refractivity contribution in [3.63, 3.8) is 0 Å². The lowest BCUT2D eigenvalue weighted by atomic mass is 9.95. The first kappa shape index (κ1) is 15.6. The molecule has 0 spiro atoms. The number of nitrogens with zero attached hydrogens (tertiary/aromatic N) is 1. The van der Waals surface area contributed by atoms with Gasteiger partial charge in [0.1, 0.15) is 0 Å². The molecule has 0 fully saturated rings. The molecule has 0 aromatic heterocycles. The Morgan fingerprint density at radius 3 is 2.65 bits per heavy atom. The molecule has 1 atom stereocenters. The Morgan fingerprint density at radius 2 is 2.15 bits per heavy atom. The Kier molecular flexibility index (Phi) is 5.15. The van der Waals surface area contributed by atoms with Crippen LogP contribution in [-0.4, -0.2) is 29.1 Å². The van der Waals surface area contributed by atoms with Crippen LogP contribution in [0, 0.1) is 10.1 Å². The van der Waals surface area contributed by atoms with Gasteiger partial charge in [0.25, 0.3) is 5.69 Å². The highest BCUT2D eigenvalue weighted by Crippen LogP contribution is 2.30. The topological polar surface area (TPSA) is 133 Å². The number of hydrogen-bond donors (Lipinski definition) is 2. The number of methoxy groups -OCH3 is 1. The van der Waals surface area contributed by atoms with Gasteiger partial charge >= 0.3 is 11.9 Å². The van der Waals surface area contributed by atoms with Crippen LogP contribution in [0.25, 0.3) is 0 Å². The minimum Gasteiger partial charge on any atom is -0.481 e. The molecule has 1 rings (SSSR count). The summed E-state index contributed by atoms with van der Waals surface area (Å²) in [6.45, 7) is 0. The fraction of sp³-hybridized carbons (Fsp3) is 0.333. The van der Waals surface area contributed by atoms with Crippen LogP contribution < -0.4 is 5.73 Å². The first-order valence-electron chi connectivity index (χ1n) is 5.71. The van der Waals surface area contributed by atoms with Gasteiger partial charge in [0.2, 0.25) is 0 Å². The average Bonchev–Trinajstić information content (AvgIpc) is 2.42. The maximum atomic E-state index is 11.6. The number of ether oxygens (including phenoxy) is 1. The van der Waals surface area contributed by atoms with Gasteiger partial charge in [0.15, 0.2) is 0 Å². The van der Waals surface area contributed by atoms with E-state index in [4.69, 9.17) is 10.8 Å². The van der Waals surface area contributed by atoms with E-state index in [1.807, 2.05) is 0 Å². The Morgan fingerprint density at radius 1 is 1.50 bits per heavy atom. The molecule has 8 heteroatoms. The van der Waals surface area contributed by atoms with E-state index in [0.717, 1.165) is 7.11 Å². The van der Waals surface area contributed by atoms with E-state index in [-0.39, 0.29) is 29.7 Å². The minimum atomic E-state index is -1.07. The number of carbonyl (C=O) groups is 2. The van der Waals surface area contributed by atoms with E-state index in [9.17, 15) is 19.7 Å². The van der Waals surface area contributed by atoms with Crippen LogP contribution in [0.4, 0.5) is 5.69 Å². The number of nitrogens with two attached hydrogens (primary N) is 1. The Bertz CT molecular complexity index is 543. The molecule has 0 amide bonds. The number of rotatable bonds is 6. The third-order valence-corrected chi connectivity index (χ3v) is 2.73. The van der Waals surface area contributed by atoms with Crippen LogP contribution in [0.15, 0.2) is 18.2 Å². The lowest BCUT2D eigenvalue weighted by Crippen LogP contribution is -2.18. The van der Waals surface area contributed by atoms with E-state index in [1.165, 1.54) is 18.2 Å². The second-order valence-corrected chi connectivity index (χ2v) is 4.03. The third-order valence-electron chi connectivity index (χ3n) is 2.73. The zero-order valence-corrected chi connectivity index (χ0v) is 10.7. The summed E-state index contributed by atoms with van der Waals surface area (Å²) in [5.74, 6) is -1.83. The van der Waals surface area contributed by atoms with Gasteiger partial charge in [-0.15, -0.1) is 0 Å². The SMILES string of the molecule is COC(=O)c1cccc([N+](=O)[O-])c1C(N)CCC(=O)O. The largest absolute Gasteiger partial charge is 0.481 e. The fourth-order valence-electron chi connectivity index (χ4n) is 1.81. The first-order chi connectivity index (χ1) is 9.38. The molecule has 0 aliphatic heterocycles. The van der Waals surface area contributed by atoms with Gasteiger partial charge in [-0.3, -0.25) is 14.9 Å². The monoisotopic (exact) mass is 282 g/mol. The van der Waals surface area contributed by atoms with Crippen molar-refractivity contribution in [1.29, 1.82) is 0 Å². The van der Waals surface area contributed by atoms with Crippen molar-refractivity contribution in [2.75, 3.05) is 7.11 Å². The normalized spacial score (nSPS) is 11.7. The minimum absolute atomic E-state index is 0.00870. The number of carboxylic acids is 1. The summed E-state index contributed by atoms with van der Waals surface area (Å²) in [5, 5.41) is 19.6. The predicted octanol–water partition coefficient (Wildman–Crippen LogP) is 1.25. The van der Waals surface area contributed by atoms with Crippen molar-refractivity contribution in [3.8, 4) is 0 Å². The highest BCUT2D eigenvalue weighted by molar-refractivity contribution is 5.92. The first-order valence-corrected chi connectivity index (χ1v) is 5.71. The molecule has 1 aromatic carbocycles. The molecule has 0 saturated heterocycles. The maximum absolute atomic E-state index is 11.6. The van der Waals surface area contributed by atoms with E-state index in [2.05, 4.69) is 4.74 Å². The summed E-state index contributed by atoms with van der Waals surface area (Å²) in [7, 11) is 1.15. The molecule has 8 nitrogen and oxygen atoms in total. The van der Waals surface area contributed by atoms with Gasteiger partial charge in [-0.1, -0.05) is 6.07 Å². The molecule has 1 aromatic rings. The summed E-state index contributed by atoms with van der Waals surface area (Å²) in [5.41, 5.74) is 5.43. The predicted molar refractivity (Wildman–Crippen MR) is 68.2 cm³/mol. The van der Waals surface area contributed by atoms with E-state index in [0.29, 0.717) is 0 Å². The Hall–Kier alpha value is -2.48. The average molecular weight is 282 g/mol. The smallest absolute Gasteiger partial charge is 0.338 e. The molecule has 108 valence electrons. The molecule has 20 heavy (non-hydrogen) atoms. The molecular formula is C12H14N2O6. The molecule has 0 heterocycles. The maximum Gasteiger partial charge on any atom is 0.338 e. The van der Waals surface area contributed by atoms with Crippen molar-refractivity contribution in [2.24, 2.45) is 5.73 Å². The van der Waals surface area contributed by atoms with Gasteiger partial charge in [-0.05, 0) is 12.5 Å². The van der Waals surface area contributed by atoms with Crippen molar-refractivity contribution in [3.05, 3.63) is 39.4 Å². The van der Waals surface area contributed by atoms with Crippen LogP contribution in [0.3, 0.4) is 0 Å². The Balaban J connectivity index is 3.27. The molecule has 0 aliphatic rings. The molecule has 0 bridgehead atoms. The number of hydrogen-bond acceptors (Lipinski definition) is 6. The quantitative estimate of drug-likeness (QED) is 0.455. The molecule has 0 aliphatic carbocycles.